The van der Waals surface area contributed by atoms with Crippen molar-refractivity contribution in [3.8, 4) is 0 Å². The highest BCUT2D eigenvalue weighted by Gasteiger charge is 2.26. The fraction of sp³-hybridized carbons (Fsp3) is 0.524. The van der Waals surface area contributed by atoms with E-state index in [1.165, 1.54) is 19.3 Å². The third-order valence-electron chi connectivity index (χ3n) is 4.89. The van der Waals surface area contributed by atoms with Gasteiger partial charge in [-0.25, -0.2) is 0 Å². The first-order valence-corrected chi connectivity index (χ1v) is 9.11. The fourth-order valence-electron chi connectivity index (χ4n) is 3.59. The lowest BCUT2D eigenvalue weighted by atomic mass is 9.94. The fourth-order valence-corrected chi connectivity index (χ4v) is 3.59. The van der Waals surface area contributed by atoms with Gasteiger partial charge in [-0.3, -0.25) is 9.78 Å². The number of Topliss-reactive ketones (excluding diaryl/α,β-unsaturated/α-hetero) is 1. The molecule has 1 heterocycles. The minimum Gasteiger partial charge on any atom is -0.368 e. The Morgan fingerprint density at radius 2 is 2.12 bits per heavy atom. The molecule has 0 saturated heterocycles. The molecule has 0 saturated carbocycles. The first-order valence-electron chi connectivity index (χ1n) is 9.11. The van der Waals surface area contributed by atoms with Crippen LogP contribution in [-0.4, -0.2) is 22.5 Å². The Kier molecular flexibility index (Phi) is 5.00. The van der Waals surface area contributed by atoms with Gasteiger partial charge in [0.05, 0.1) is 17.1 Å². The molecule has 3 heteroatoms. The van der Waals surface area contributed by atoms with E-state index in [4.69, 9.17) is 4.74 Å². The van der Waals surface area contributed by atoms with E-state index in [0.717, 1.165) is 33.8 Å². The molecule has 2 aliphatic carbocycles. The van der Waals surface area contributed by atoms with Crippen molar-refractivity contribution in [2.24, 2.45) is 0 Å². The molecule has 0 N–H and O–H groups in total. The second-order valence-electron chi connectivity index (χ2n) is 7.23. The van der Waals surface area contributed by atoms with Gasteiger partial charge in [-0.1, -0.05) is 38.3 Å². The van der Waals surface area contributed by atoms with Crippen LogP contribution in [0.5, 0.6) is 0 Å². The number of ketones is 1. The van der Waals surface area contributed by atoms with E-state index < -0.39 is 0 Å². The normalized spacial score (nSPS) is 23.0. The molecule has 0 bridgehead atoms. The monoisotopic (exact) mass is 325 g/mol. The molecule has 128 valence electrons. The van der Waals surface area contributed by atoms with Gasteiger partial charge >= 0.3 is 0 Å². The van der Waals surface area contributed by atoms with Crippen molar-refractivity contribution >= 4 is 30.1 Å². The summed E-state index contributed by atoms with van der Waals surface area (Å²) >= 11 is 0. The third kappa shape index (κ3) is 3.67. The first-order chi connectivity index (χ1) is 11.5. The van der Waals surface area contributed by atoms with E-state index >= 15 is 0 Å². The summed E-state index contributed by atoms with van der Waals surface area (Å²) in [7, 11) is 0. The summed E-state index contributed by atoms with van der Waals surface area (Å²) in [6.07, 6.45) is 16.3. The summed E-state index contributed by atoms with van der Waals surface area (Å²) in [6, 6.07) is 0. The molecule has 0 aromatic carbocycles. The van der Waals surface area contributed by atoms with Crippen LogP contribution in [0.25, 0.3) is 24.3 Å². The molecular formula is C21H27NO2. The summed E-state index contributed by atoms with van der Waals surface area (Å²) in [5.74, 6) is 0.165. The molecule has 3 nitrogen and oxygen atoms in total. The zero-order chi connectivity index (χ0) is 17.2. The summed E-state index contributed by atoms with van der Waals surface area (Å²) in [5, 5.41) is 4.10. The largest absolute Gasteiger partial charge is 0.368 e. The van der Waals surface area contributed by atoms with E-state index in [2.05, 4.69) is 37.9 Å². The van der Waals surface area contributed by atoms with Crippen LogP contribution in [0.15, 0.2) is 6.20 Å². The molecule has 0 fully saturated rings. The summed E-state index contributed by atoms with van der Waals surface area (Å²) in [4.78, 5) is 16.4. The SMILES string of the molecule is CCCCCC(C)OC1(C)C=c2ncc3c(c2=CC1)=CC(=O)CC=3. The number of carbonyl (C=O) groups excluding carboxylic acids is 1. The van der Waals surface area contributed by atoms with Gasteiger partial charge in [-0.2, -0.15) is 0 Å². The van der Waals surface area contributed by atoms with Gasteiger partial charge in [0.25, 0.3) is 0 Å². The predicted molar refractivity (Wildman–Crippen MR) is 97.9 cm³/mol. The minimum atomic E-state index is -0.317. The number of fused-ring (bicyclic) bond motifs is 3. The van der Waals surface area contributed by atoms with Crippen molar-refractivity contribution < 1.29 is 9.53 Å². The van der Waals surface area contributed by atoms with E-state index in [9.17, 15) is 4.79 Å². The van der Waals surface area contributed by atoms with Crippen molar-refractivity contribution in [1.29, 1.82) is 0 Å². The predicted octanol–water partition coefficient (Wildman–Crippen LogP) is 1.32. The first kappa shape index (κ1) is 17.1. The molecule has 1 aromatic heterocycles. The van der Waals surface area contributed by atoms with Crippen molar-refractivity contribution in [2.45, 2.75) is 71.0 Å². The van der Waals surface area contributed by atoms with Gasteiger partial charge in [0.2, 0.25) is 0 Å². The Morgan fingerprint density at radius 3 is 2.92 bits per heavy atom. The van der Waals surface area contributed by atoms with Gasteiger partial charge in [0.15, 0.2) is 5.78 Å². The molecule has 2 unspecified atom stereocenters. The number of unbranched alkanes of at least 4 members (excludes halogenated alkanes) is 2. The van der Waals surface area contributed by atoms with Crippen LogP contribution in [0.3, 0.4) is 0 Å². The van der Waals surface area contributed by atoms with Gasteiger partial charge in [0, 0.05) is 17.8 Å². The number of ether oxygens (including phenoxy) is 1. The zero-order valence-electron chi connectivity index (χ0n) is 15.0. The molecule has 2 atom stereocenters. The zero-order valence-corrected chi connectivity index (χ0v) is 15.0. The molecule has 2 aliphatic rings. The standard InChI is InChI=1S/C21H27NO2/c1-4-5-6-7-15(2)24-21(3)11-10-18-19-12-17(23)9-8-16(19)14-22-20(18)13-21/h8,10,12-15H,4-7,9,11H2,1-3H3. The highest BCUT2D eigenvalue weighted by atomic mass is 16.5. The molecule has 1 aromatic rings. The highest BCUT2D eigenvalue weighted by molar-refractivity contribution is 6.09. The van der Waals surface area contributed by atoms with Gasteiger partial charge in [0.1, 0.15) is 0 Å². The van der Waals surface area contributed by atoms with Crippen LogP contribution >= 0.6 is 0 Å². The molecule has 0 aliphatic heterocycles. The Morgan fingerprint density at radius 1 is 1.29 bits per heavy atom. The number of aromatic nitrogens is 1. The Balaban J connectivity index is 1.89. The summed E-state index contributed by atoms with van der Waals surface area (Å²) in [6.45, 7) is 6.51. The lowest BCUT2D eigenvalue weighted by Crippen LogP contribution is -2.54. The molecule has 3 rings (SSSR count). The van der Waals surface area contributed by atoms with Crippen LogP contribution in [0.1, 0.15) is 59.3 Å². The summed E-state index contributed by atoms with van der Waals surface area (Å²) < 4.78 is 6.34. The topological polar surface area (TPSA) is 39.2 Å². The number of rotatable bonds is 6. The Bertz CT molecular complexity index is 868. The van der Waals surface area contributed by atoms with Gasteiger partial charge in [-0.15, -0.1) is 0 Å². The average molecular weight is 325 g/mol. The van der Waals surface area contributed by atoms with E-state index in [1.807, 2.05) is 12.3 Å². The van der Waals surface area contributed by atoms with Crippen molar-refractivity contribution in [3.05, 3.63) is 27.2 Å². The maximum Gasteiger partial charge on any atom is 0.160 e. The Hall–Kier alpha value is -1.74. The second-order valence-corrected chi connectivity index (χ2v) is 7.23. The van der Waals surface area contributed by atoms with Gasteiger partial charge < -0.3 is 4.74 Å². The molecule has 24 heavy (non-hydrogen) atoms. The maximum atomic E-state index is 11.8. The van der Waals surface area contributed by atoms with Gasteiger partial charge in [-0.05, 0) is 49.3 Å². The lowest BCUT2D eigenvalue weighted by molar-refractivity contribution is -0.112. The number of carbonyl (C=O) groups is 1. The summed E-state index contributed by atoms with van der Waals surface area (Å²) in [5.41, 5.74) is -0.317. The minimum absolute atomic E-state index is 0.165. The molecule has 0 spiro atoms. The van der Waals surface area contributed by atoms with E-state index in [1.54, 1.807) is 6.08 Å². The number of pyridine rings is 1. The maximum absolute atomic E-state index is 11.8. The average Bonchev–Trinajstić information content (AvgIpc) is 2.54. The lowest BCUT2D eigenvalue weighted by Gasteiger charge is -2.31. The van der Waals surface area contributed by atoms with Crippen molar-refractivity contribution in [3.63, 3.8) is 0 Å². The number of hydrogen-bond acceptors (Lipinski definition) is 3. The van der Waals surface area contributed by atoms with Crippen molar-refractivity contribution in [2.75, 3.05) is 0 Å². The van der Waals surface area contributed by atoms with E-state index in [-0.39, 0.29) is 17.5 Å². The Labute approximate surface area is 143 Å². The van der Waals surface area contributed by atoms with Crippen LogP contribution < -0.4 is 21.0 Å². The number of hydrogen-bond donors (Lipinski definition) is 0. The second kappa shape index (κ2) is 7.02. The van der Waals surface area contributed by atoms with E-state index in [0.29, 0.717) is 6.42 Å². The number of nitrogens with zero attached hydrogens (tertiary/aromatic N) is 1. The smallest absolute Gasteiger partial charge is 0.160 e. The van der Waals surface area contributed by atoms with Crippen LogP contribution in [0.2, 0.25) is 0 Å². The molecular weight excluding hydrogens is 298 g/mol. The van der Waals surface area contributed by atoms with Crippen LogP contribution in [0.4, 0.5) is 0 Å². The van der Waals surface area contributed by atoms with Crippen LogP contribution in [0, 0.1) is 0 Å². The van der Waals surface area contributed by atoms with Crippen LogP contribution in [-0.2, 0) is 9.53 Å². The van der Waals surface area contributed by atoms with Crippen molar-refractivity contribution in [1.82, 2.24) is 4.98 Å². The third-order valence-corrected chi connectivity index (χ3v) is 4.89. The molecule has 0 radical (unpaired) electrons. The highest BCUT2D eigenvalue weighted by Crippen LogP contribution is 2.23. The molecule has 0 amide bonds. The quantitative estimate of drug-likeness (QED) is 0.741.